The first kappa shape index (κ1) is 13.4. The van der Waals surface area contributed by atoms with Gasteiger partial charge in [-0.25, -0.2) is 0 Å². The third-order valence-corrected chi connectivity index (χ3v) is 6.01. The molecule has 1 aliphatic heterocycles. The summed E-state index contributed by atoms with van der Waals surface area (Å²) in [6.07, 6.45) is 10.6. The van der Waals surface area contributed by atoms with E-state index in [1.165, 1.54) is 56.5 Å². The minimum atomic E-state index is 0.354. The highest BCUT2D eigenvalue weighted by molar-refractivity contribution is 7.12. The van der Waals surface area contributed by atoms with Gasteiger partial charge in [-0.05, 0) is 45.2 Å². The SMILES string of the molecule is CC1=CCCN(C2(c3ccc(C)s3)CCCCC2)C1. The largest absolute Gasteiger partial charge is 0.289 e. The third-order valence-electron chi connectivity index (χ3n) is 4.82. The molecule has 1 saturated carbocycles. The van der Waals surface area contributed by atoms with Gasteiger partial charge in [0.05, 0.1) is 5.54 Å². The van der Waals surface area contributed by atoms with Crippen molar-refractivity contribution in [2.24, 2.45) is 0 Å². The maximum Gasteiger partial charge on any atom is 0.0556 e. The van der Waals surface area contributed by atoms with Gasteiger partial charge in [-0.15, -0.1) is 11.3 Å². The van der Waals surface area contributed by atoms with E-state index < -0.39 is 0 Å². The normalized spacial score (nSPS) is 24.2. The van der Waals surface area contributed by atoms with E-state index in [1.807, 2.05) is 11.3 Å². The molecule has 3 rings (SSSR count). The van der Waals surface area contributed by atoms with E-state index in [2.05, 4.69) is 37.0 Å². The summed E-state index contributed by atoms with van der Waals surface area (Å²) in [6, 6.07) is 4.71. The number of hydrogen-bond acceptors (Lipinski definition) is 2. The second kappa shape index (κ2) is 5.41. The van der Waals surface area contributed by atoms with Crippen LogP contribution in [0.1, 0.15) is 55.2 Å². The van der Waals surface area contributed by atoms with Crippen molar-refractivity contribution < 1.29 is 0 Å². The van der Waals surface area contributed by atoms with Gasteiger partial charge < -0.3 is 0 Å². The zero-order chi connectivity index (χ0) is 13.3. The fraction of sp³-hybridized carbons (Fsp3) is 0.647. The predicted molar refractivity (Wildman–Crippen MR) is 83.8 cm³/mol. The molecule has 0 spiro atoms. The van der Waals surface area contributed by atoms with E-state index in [-0.39, 0.29) is 0 Å². The Kier molecular flexibility index (Phi) is 3.81. The maximum atomic E-state index is 2.78. The molecule has 2 aliphatic rings. The molecular weight excluding hydrogens is 250 g/mol. The zero-order valence-corrected chi connectivity index (χ0v) is 13.1. The van der Waals surface area contributed by atoms with Crippen molar-refractivity contribution >= 4 is 11.3 Å². The van der Waals surface area contributed by atoms with Gasteiger partial charge >= 0.3 is 0 Å². The molecule has 0 saturated heterocycles. The molecule has 104 valence electrons. The van der Waals surface area contributed by atoms with E-state index in [0.717, 1.165) is 0 Å². The second-order valence-electron chi connectivity index (χ2n) is 6.26. The summed E-state index contributed by atoms with van der Waals surface area (Å²) in [4.78, 5) is 5.87. The molecule has 1 aliphatic carbocycles. The molecule has 1 aromatic heterocycles. The molecule has 1 aromatic rings. The fourth-order valence-corrected chi connectivity index (χ4v) is 4.96. The Morgan fingerprint density at radius 1 is 1.11 bits per heavy atom. The highest BCUT2D eigenvalue weighted by atomic mass is 32.1. The van der Waals surface area contributed by atoms with Crippen molar-refractivity contribution in [1.82, 2.24) is 4.90 Å². The monoisotopic (exact) mass is 275 g/mol. The van der Waals surface area contributed by atoms with Crippen LogP contribution < -0.4 is 0 Å². The number of thiophene rings is 1. The van der Waals surface area contributed by atoms with Gasteiger partial charge in [0.15, 0.2) is 0 Å². The molecule has 0 amide bonds. The van der Waals surface area contributed by atoms with Crippen molar-refractivity contribution in [1.29, 1.82) is 0 Å². The standard InChI is InChI=1S/C17H25NS/c1-14-7-6-12-18(13-14)17(10-4-3-5-11-17)16-9-8-15(2)19-16/h7-9H,3-6,10-13H2,1-2H3. The van der Waals surface area contributed by atoms with Crippen LogP contribution in [0.25, 0.3) is 0 Å². The van der Waals surface area contributed by atoms with Crippen LogP contribution in [0.5, 0.6) is 0 Å². The summed E-state index contributed by atoms with van der Waals surface area (Å²) in [6.45, 7) is 6.96. The third kappa shape index (κ3) is 2.53. The van der Waals surface area contributed by atoms with Crippen molar-refractivity contribution in [3.8, 4) is 0 Å². The van der Waals surface area contributed by atoms with Crippen LogP contribution in [-0.4, -0.2) is 18.0 Å². The van der Waals surface area contributed by atoms with Gasteiger partial charge in [0.25, 0.3) is 0 Å². The van der Waals surface area contributed by atoms with E-state index in [0.29, 0.717) is 5.54 Å². The lowest BCUT2D eigenvalue weighted by Gasteiger charge is -2.47. The summed E-state index contributed by atoms with van der Waals surface area (Å²) in [5.41, 5.74) is 1.91. The van der Waals surface area contributed by atoms with Crippen LogP contribution in [0.15, 0.2) is 23.8 Å². The summed E-state index contributed by atoms with van der Waals surface area (Å²) < 4.78 is 0. The first-order valence-electron chi connectivity index (χ1n) is 7.68. The number of hydrogen-bond donors (Lipinski definition) is 0. The van der Waals surface area contributed by atoms with Crippen molar-refractivity contribution in [3.63, 3.8) is 0 Å². The zero-order valence-electron chi connectivity index (χ0n) is 12.2. The van der Waals surface area contributed by atoms with Crippen LogP contribution in [0.2, 0.25) is 0 Å². The first-order chi connectivity index (χ1) is 9.21. The van der Waals surface area contributed by atoms with Gasteiger partial charge in [-0.1, -0.05) is 30.9 Å². The Labute approximate surface area is 121 Å². The highest BCUT2D eigenvalue weighted by Crippen LogP contribution is 2.45. The number of nitrogens with zero attached hydrogens (tertiary/aromatic N) is 1. The molecule has 2 heterocycles. The summed E-state index contributed by atoms with van der Waals surface area (Å²) >= 11 is 2.03. The van der Waals surface area contributed by atoms with E-state index in [4.69, 9.17) is 0 Å². The van der Waals surface area contributed by atoms with Crippen LogP contribution in [0.3, 0.4) is 0 Å². The lowest BCUT2D eigenvalue weighted by atomic mass is 9.78. The Morgan fingerprint density at radius 2 is 1.89 bits per heavy atom. The molecule has 2 heteroatoms. The second-order valence-corrected chi connectivity index (χ2v) is 7.55. The predicted octanol–water partition coefficient (Wildman–Crippen LogP) is 4.87. The molecule has 0 N–H and O–H groups in total. The van der Waals surface area contributed by atoms with Crippen molar-refractivity contribution in [2.45, 2.75) is 57.9 Å². The average molecular weight is 275 g/mol. The van der Waals surface area contributed by atoms with E-state index in [9.17, 15) is 0 Å². The van der Waals surface area contributed by atoms with Crippen molar-refractivity contribution in [3.05, 3.63) is 33.5 Å². The van der Waals surface area contributed by atoms with E-state index >= 15 is 0 Å². The van der Waals surface area contributed by atoms with Gasteiger partial charge in [-0.3, -0.25) is 4.90 Å². The Balaban J connectivity index is 1.94. The van der Waals surface area contributed by atoms with Gasteiger partial charge in [-0.2, -0.15) is 0 Å². The van der Waals surface area contributed by atoms with E-state index in [1.54, 1.807) is 10.5 Å². The summed E-state index contributed by atoms with van der Waals surface area (Å²) in [5, 5.41) is 0. The first-order valence-corrected chi connectivity index (χ1v) is 8.50. The minimum Gasteiger partial charge on any atom is -0.289 e. The lowest BCUT2D eigenvalue weighted by Crippen LogP contribution is -2.49. The minimum absolute atomic E-state index is 0.354. The summed E-state index contributed by atoms with van der Waals surface area (Å²) in [5.74, 6) is 0. The van der Waals surface area contributed by atoms with Crippen LogP contribution >= 0.6 is 11.3 Å². The van der Waals surface area contributed by atoms with Gasteiger partial charge in [0.2, 0.25) is 0 Å². The van der Waals surface area contributed by atoms with Gasteiger partial charge in [0.1, 0.15) is 0 Å². The average Bonchev–Trinajstić information content (AvgIpc) is 2.87. The molecule has 0 atom stereocenters. The van der Waals surface area contributed by atoms with Crippen molar-refractivity contribution in [2.75, 3.05) is 13.1 Å². The number of rotatable bonds is 2. The Morgan fingerprint density at radius 3 is 2.53 bits per heavy atom. The molecule has 0 bridgehead atoms. The molecule has 0 radical (unpaired) electrons. The lowest BCUT2D eigenvalue weighted by molar-refractivity contribution is 0.0560. The number of aryl methyl sites for hydroxylation is 1. The molecule has 0 unspecified atom stereocenters. The van der Waals surface area contributed by atoms with Crippen LogP contribution in [0.4, 0.5) is 0 Å². The molecule has 0 aromatic carbocycles. The summed E-state index contributed by atoms with van der Waals surface area (Å²) in [7, 11) is 0. The molecule has 19 heavy (non-hydrogen) atoms. The Bertz CT molecular complexity index is 465. The quantitative estimate of drug-likeness (QED) is 0.696. The smallest absolute Gasteiger partial charge is 0.0556 e. The fourth-order valence-electron chi connectivity index (χ4n) is 3.82. The van der Waals surface area contributed by atoms with Crippen LogP contribution in [0, 0.1) is 6.92 Å². The maximum absolute atomic E-state index is 2.78. The van der Waals surface area contributed by atoms with Gasteiger partial charge in [0, 0.05) is 22.8 Å². The Hall–Kier alpha value is -0.600. The topological polar surface area (TPSA) is 3.24 Å². The molecular formula is C17H25NS. The van der Waals surface area contributed by atoms with Crippen LogP contribution in [-0.2, 0) is 5.54 Å². The molecule has 1 nitrogen and oxygen atoms in total. The molecule has 1 fully saturated rings. The highest BCUT2D eigenvalue weighted by Gasteiger charge is 2.40.